The summed E-state index contributed by atoms with van der Waals surface area (Å²) < 4.78 is 1.54. The van der Waals surface area contributed by atoms with Crippen molar-refractivity contribution in [3.63, 3.8) is 0 Å². The average molecular weight is 330 g/mol. The van der Waals surface area contributed by atoms with Crippen LogP contribution in [0, 0.1) is 6.92 Å². The molecule has 3 heterocycles. The Balaban J connectivity index is 1.61. The number of hydrogen-bond donors (Lipinski definition) is 2. The topological polar surface area (TPSA) is 95.9 Å². The van der Waals surface area contributed by atoms with E-state index in [2.05, 4.69) is 25.5 Å². The van der Waals surface area contributed by atoms with Gasteiger partial charge in [0.1, 0.15) is 0 Å². The molecule has 0 saturated carbocycles. The molecule has 0 aliphatic carbocycles. The van der Waals surface area contributed by atoms with E-state index in [9.17, 15) is 9.59 Å². The minimum atomic E-state index is -0.278. The van der Waals surface area contributed by atoms with Gasteiger partial charge >= 0.3 is 0 Å². The lowest BCUT2D eigenvalue weighted by atomic mass is 10.1. The zero-order valence-electron chi connectivity index (χ0n) is 13.8. The molecule has 2 aromatic rings. The van der Waals surface area contributed by atoms with Crippen LogP contribution in [0.1, 0.15) is 35.3 Å². The normalized spacial score (nSPS) is 15.4. The summed E-state index contributed by atoms with van der Waals surface area (Å²) in [5.74, 6) is 0.333. The molecule has 1 aliphatic heterocycles. The van der Waals surface area contributed by atoms with Gasteiger partial charge in [-0.3, -0.25) is 9.59 Å². The van der Waals surface area contributed by atoms with Crippen LogP contribution in [0.15, 0.2) is 23.1 Å². The predicted molar refractivity (Wildman–Crippen MR) is 89.3 cm³/mol. The van der Waals surface area contributed by atoms with Gasteiger partial charge < -0.3 is 10.2 Å². The monoisotopic (exact) mass is 330 g/mol. The number of nitrogens with zero attached hydrogens (tertiary/aromatic N) is 4. The van der Waals surface area contributed by atoms with Crippen molar-refractivity contribution >= 4 is 5.91 Å². The number of carbonyl (C=O) groups is 1. The minimum absolute atomic E-state index is 0.139. The van der Waals surface area contributed by atoms with E-state index in [1.165, 1.54) is 36.2 Å². The van der Waals surface area contributed by atoms with Crippen molar-refractivity contribution in [1.29, 1.82) is 0 Å². The van der Waals surface area contributed by atoms with Crippen molar-refractivity contribution in [2.45, 2.75) is 26.2 Å². The van der Waals surface area contributed by atoms with Crippen LogP contribution >= 0.6 is 0 Å². The fourth-order valence-electron chi connectivity index (χ4n) is 2.92. The standard InChI is InChI=1S/C16H22N6O2/c1-12-13(11-18-22(12)14-5-6-15(23)20-19-14)16(24)17-7-10-21-8-3-2-4-9-21/h5-6,11H,2-4,7-10H2,1H3,(H,17,24)(H,20,23). The lowest BCUT2D eigenvalue weighted by Crippen LogP contribution is -2.37. The Labute approximate surface area is 139 Å². The van der Waals surface area contributed by atoms with E-state index in [-0.39, 0.29) is 11.5 Å². The molecule has 1 fully saturated rings. The Morgan fingerprint density at radius 3 is 2.79 bits per heavy atom. The number of aromatic nitrogens is 4. The van der Waals surface area contributed by atoms with Crippen LogP contribution in [0.25, 0.3) is 5.82 Å². The van der Waals surface area contributed by atoms with Gasteiger partial charge in [0, 0.05) is 19.2 Å². The van der Waals surface area contributed by atoms with E-state index in [1.54, 1.807) is 13.0 Å². The molecule has 2 aromatic heterocycles. The van der Waals surface area contributed by atoms with Gasteiger partial charge in [-0.15, -0.1) is 0 Å². The highest BCUT2D eigenvalue weighted by atomic mass is 16.1. The number of carbonyl (C=O) groups excluding carboxylic acids is 1. The van der Waals surface area contributed by atoms with Crippen LogP contribution in [0.5, 0.6) is 0 Å². The van der Waals surface area contributed by atoms with Gasteiger partial charge in [-0.05, 0) is 38.9 Å². The molecule has 0 spiro atoms. The molecule has 128 valence electrons. The van der Waals surface area contributed by atoms with Crippen LogP contribution in [0.2, 0.25) is 0 Å². The van der Waals surface area contributed by atoms with E-state index in [4.69, 9.17) is 0 Å². The summed E-state index contributed by atoms with van der Waals surface area (Å²) in [4.78, 5) is 25.8. The first-order valence-electron chi connectivity index (χ1n) is 8.26. The smallest absolute Gasteiger partial charge is 0.264 e. The molecule has 3 rings (SSSR count). The molecule has 2 N–H and O–H groups in total. The third-order valence-corrected chi connectivity index (χ3v) is 4.30. The molecule has 1 aliphatic rings. The first-order valence-corrected chi connectivity index (χ1v) is 8.26. The maximum Gasteiger partial charge on any atom is 0.264 e. The molecule has 0 radical (unpaired) electrons. The largest absolute Gasteiger partial charge is 0.351 e. The van der Waals surface area contributed by atoms with E-state index in [0.29, 0.717) is 23.6 Å². The lowest BCUT2D eigenvalue weighted by Gasteiger charge is -2.26. The number of hydrogen-bond acceptors (Lipinski definition) is 5. The molecule has 0 atom stereocenters. The lowest BCUT2D eigenvalue weighted by molar-refractivity contribution is 0.0946. The molecule has 1 amide bonds. The minimum Gasteiger partial charge on any atom is -0.351 e. The highest BCUT2D eigenvalue weighted by molar-refractivity contribution is 5.95. The molecule has 0 bridgehead atoms. The number of aromatic amines is 1. The van der Waals surface area contributed by atoms with E-state index in [0.717, 1.165) is 19.6 Å². The second-order valence-electron chi connectivity index (χ2n) is 5.99. The molecule has 24 heavy (non-hydrogen) atoms. The Kier molecular flexibility index (Phi) is 5.05. The van der Waals surface area contributed by atoms with Gasteiger partial charge in [0.15, 0.2) is 5.82 Å². The molecular formula is C16H22N6O2. The van der Waals surface area contributed by atoms with Gasteiger partial charge in [0.05, 0.1) is 17.5 Å². The maximum absolute atomic E-state index is 12.3. The van der Waals surface area contributed by atoms with Crippen molar-refractivity contribution in [3.8, 4) is 5.82 Å². The number of amides is 1. The highest BCUT2D eigenvalue weighted by Crippen LogP contribution is 2.11. The second kappa shape index (κ2) is 7.39. The summed E-state index contributed by atoms with van der Waals surface area (Å²) in [6.45, 7) is 5.54. The Hall–Kier alpha value is -2.48. The van der Waals surface area contributed by atoms with Crippen LogP contribution in [-0.2, 0) is 0 Å². The molecule has 0 unspecified atom stereocenters. The fourth-order valence-corrected chi connectivity index (χ4v) is 2.92. The first-order chi connectivity index (χ1) is 11.6. The summed E-state index contributed by atoms with van der Waals surface area (Å²) >= 11 is 0. The van der Waals surface area contributed by atoms with E-state index >= 15 is 0 Å². The van der Waals surface area contributed by atoms with Gasteiger partial charge in [-0.25, -0.2) is 9.78 Å². The van der Waals surface area contributed by atoms with Crippen molar-refractivity contribution in [2.24, 2.45) is 0 Å². The molecular weight excluding hydrogens is 308 g/mol. The van der Waals surface area contributed by atoms with Gasteiger partial charge in [0.25, 0.3) is 11.5 Å². The predicted octanol–water partition coefficient (Wildman–Crippen LogP) is 0.480. The maximum atomic E-state index is 12.3. The van der Waals surface area contributed by atoms with Crippen LogP contribution < -0.4 is 10.9 Å². The second-order valence-corrected chi connectivity index (χ2v) is 5.99. The van der Waals surface area contributed by atoms with Crippen LogP contribution in [0.4, 0.5) is 0 Å². The highest BCUT2D eigenvalue weighted by Gasteiger charge is 2.16. The SMILES string of the molecule is Cc1c(C(=O)NCCN2CCCCC2)cnn1-c1ccc(=O)[nH]n1. The quantitative estimate of drug-likeness (QED) is 0.831. The first kappa shape index (κ1) is 16.4. The van der Waals surface area contributed by atoms with Crippen molar-refractivity contribution < 1.29 is 4.79 Å². The summed E-state index contributed by atoms with van der Waals surface area (Å²) in [5.41, 5.74) is 0.922. The van der Waals surface area contributed by atoms with Crippen molar-refractivity contribution in [3.05, 3.63) is 39.9 Å². The molecule has 0 aromatic carbocycles. The van der Waals surface area contributed by atoms with Gasteiger partial charge in [0.2, 0.25) is 0 Å². The number of piperidine rings is 1. The van der Waals surface area contributed by atoms with Crippen molar-refractivity contribution in [2.75, 3.05) is 26.2 Å². The average Bonchev–Trinajstić information content (AvgIpc) is 2.98. The number of likely N-dealkylation sites (tertiary alicyclic amines) is 1. The van der Waals surface area contributed by atoms with E-state index in [1.807, 2.05) is 0 Å². The molecule has 8 nitrogen and oxygen atoms in total. The van der Waals surface area contributed by atoms with Gasteiger partial charge in [-0.1, -0.05) is 6.42 Å². The number of H-pyrrole nitrogens is 1. The summed E-state index contributed by atoms with van der Waals surface area (Å²) in [6, 6.07) is 2.94. The van der Waals surface area contributed by atoms with Gasteiger partial charge in [-0.2, -0.15) is 10.2 Å². The third kappa shape index (κ3) is 3.70. The summed E-state index contributed by atoms with van der Waals surface area (Å²) in [6.07, 6.45) is 5.32. The Morgan fingerprint density at radius 1 is 1.29 bits per heavy atom. The zero-order valence-corrected chi connectivity index (χ0v) is 13.8. The molecule has 1 saturated heterocycles. The Bertz CT molecular complexity index is 740. The third-order valence-electron chi connectivity index (χ3n) is 4.30. The Morgan fingerprint density at radius 2 is 2.08 bits per heavy atom. The van der Waals surface area contributed by atoms with Crippen molar-refractivity contribution in [1.82, 2.24) is 30.2 Å². The van der Waals surface area contributed by atoms with Crippen LogP contribution in [-0.4, -0.2) is 57.0 Å². The summed E-state index contributed by atoms with van der Waals surface area (Å²) in [7, 11) is 0. The van der Waals surface area contributed by atoms with Crippen LogP contribution in [0.3, 0.4) is 0 Å². The molecule has 8 heteroatoms. The number of nitrogens with one attached hydrogen (secondary N) is 2. The number of rotatable bonds is 5. The zero-order chi connectivity index (χ0) is 16.9. The fraction of sp³-hybridized carbons (Fsp3) is 0.500. The van der Waals surface area contributed by atoms with E-state index < -0.39 is 0 Å². The summed E-state index contributed by atoms with van der Waals surface area (Å²) in [5, 5.41) is 13.4.